The molecule has 0 fully saturated rings. The average molecular weight is 408 g/mol. The highest BCUT2D eigenvalue weighted by atomic mass is 16.1. The molecule has 0 spiro atoms. The van der Waals surface area contributed by atoms with Crippen LogP contribution in [-0.4, -0.2) is 20.9 Å². The second-order valence-electron chi connectivity index (χ2n) is 7.24. The first-order valence-corrected chi connectivity index (χ1v) is 9.76. The number of fused-ring (bicyclic) bond motifs is 1. The first kappa shape index (κ1) is 20.0. The van der Waals surface area contributed by atoms with Crippen LogP contribution in [0.5, 0.6) is 0 Å². The molecule has 31 heavy (non-hydrogen) atoms. The number of hydrogen-bond donors (Lipinski definition) is 2. The maximum Gasteiger partial charge on any atom is 0.251 e. The molecule has 7 nitrogen and oxygen atoms in total. The number of benzene rings is 1. The lowest BCUT2D eigenvalue weighted by atomic mass is 10.0. The van der Waals surface area contributed by atoms with Crippen molar-refractivity contribution in [2.45, 2.75) is 19.9 Å². The number of pyridine rings is 3. The summed E-state index contributed by atoms with van der Waals surface area (Å²) in [7, 11) is 0. The number of carbonyl (C=O) groups excluding carboxylic acids is 1. The van der Waals surface area contributed by atoms with Crippen molar-refractivity contribution in [3.63, 3.8) is 0 Å². The van der Waals surface area contributed by atoms with Gasteiger partial charge in [0.15, 0.2) is 0 Å². The summed E-state index contributed by atoms with van der Waals surface area (Å²) in [5.74, 6) is 0.279. The average Bonchev–Trinajstić information content (AvgIpc) is 2.78. The number of hydrogen-bond acceptors (Lipinski definition) is 6. The van der Waals surface area contributed by atoms with Gasteiger partial charge in [-0.05, 0) is 54.4 Å². The summed E-state index contributed by atoms with van der Waals surface area (Å²) in [5, 5.41) is 12.9. The lowest BCUT2D eigenvalue weighted by molar-refractivity contribution is 0.0950. The first-order chi connectivity index (χ1) is 15.0. The summed E-state index contributed by atoms with van der Waals surface area (Å²) in [6.07, 6.45) is 3.76. The summed E-state index contributed by atoms with van der Waals surface area (Å²) in [6, 6.07) is 16.9. The molecule has 152 valence electrons. The number of nitrogens with two attached hydrogens (primary N) is 1. The number of aromatic nitrogens is 3. The molecule has 4 aromatic rings. The van der Waals surface area contributed by atoms with E-state index in [0.717, 1.165) is 33.4 Å². The van der Waals surface area contributed by atoms with Crippen LogP contribution in [0.4, 0.5) is 5.82 Å². The quantitative estimate of drug-likeness (QED) is 0.523. The molecule has 0 saturated heterocycles. The van der Waals surface area contributed by atoms with Gasteiger partial charge in [-0.3, -0.25) is 14.8 Å². The van der Waals surface area contributed by atoms with Gasteiger partial charge in [0.1, 0.15) is 11.9 Å². The Morgan fingerprint density at radius 3 is 2.81 bits per heavy atom. The highest BCUT2D eigenvalue weighted by Crippen LogP contribution is 2.18. The lowest BCUT2D eigenvalue weighted by Gasteiger charge is -2.09. The molecule has 0 radical (unpaired) electrons. The summed E-state index contributed by atoms with van der Waals surface area (Å²) in [6.45, 7) is 2.23. The van der Waals surface area contributed by atoms with Crippen LogP contribution in [0.15, 0.2) is 60.9 Å². The van der Waals surface area contributed by atoms with Crippen LogP contribution in [0.25, 0.3) is 10.9 Å². The smallest absolute Gasteiger partial charge is 0.251 e. The van der Waals surface area contributed by atoms with E-state index < -0.39 is 0 Å². The fraction of sp³-hybridized carbons (Fsp3) is 0.125. The molecule has 3 heterocycles. The molecule has 0 aliphatic heterocycles. The highest BCUT2D eigenvalue weighted by molar-refractivity contribution is 5.94. The van der Waals surface area contributed by atoms with E-state index in [4.69, 9.17) is 11.0 Å². The zero-order chi connectivity index (χ0) is 21.8. The van der Waals surface area contributed by atoms with E-state index in [9.17, 15) is 4.79 Å². The molecule has 0 saturated carbocycles. The Balaban J connectivity index is 1.48. The van der Waals surface area contributed by atoms with Gasteiger partial charge in [-0.25, -0.2) is 4.98 Å². The third kappa shape index (κ3) is 4.65. The van der Waals surface area contributed by atoms with Gasteiger partial charge in [0.25, 0.3) is 5.91 Å². The Labute approximate surface area is 179 Å². The number of nitrogens with zero attached hydrogens (tertiary/aromatic N) is 4. The fourth-order valence-corrected chi connectivity index (χ4v) is 3.35. The maximum atomic E-state index is 12.6. The molecular formula is C24H20N6O. The molecule has 7 heteroatoms. The number of rotatable bonds is 5. The largest absolute Gasteiger partial charge is 0.384 e. The van der Waals surface area contributed by atoms with Gasteiger partial charge in [-0.15, -0.1) is 0 Å². The van der Waals surface area contributed by atoms with Gasteiger partial charge >= 0.3 is 0 Å². The second-order valence-corrected chi connectivity index (χ2v) is 7.24. The van der Waals surface area contributed by atoms with Crippen LogP contribution >= 0.6 is 0 Å². The molecule has 1 aromatic carbocycles. The number of amides is 1. The third-order valence-corrected chi connectivity index (χ3v) is 4.99. The normalized spacial score (nSPS) is 10.6. The van der Waals surface area contributed by atoms with E-state index >= 15 is 0 Å². The predicted molar refractivity (Wildman–Crippen MR) is 118 cm³/mol. The highest BCUT2D eigenvalue weighted by Gasteiger charge is 2.09. The van der Waals surface area contributed by atoms with Gasteiger partial charge in [0.2, 0.25) is 0 Å². The number of carbonyl (C=O) groups is 1. The predicted octanol–water partition coefficient (Wildman–Crippen LogP) is 3.31. The maximum absolute atomic E-state index is 12.6. The van der Waals surface area contributed by atoms with Crippen molar-refractivity contribution in [1.29, 1.82) is 5.26 Å². The van der Waals surface area contributed by atoms with Crippen molar-refractivity contribution in [2.24, 2.45) is 0 Å². The van der Waals surface area contributed by atoms with Crippen LogP contribution in [0.2, 0.25) is 0 Å². The zero-order valence-electron chi connectivity index (χ0n) is 17.0. The van der Waals surface area contributed by atoms with Crippen LogP contribution in [0.1, 0.15) is 38.4 Å². The summed E-state index contributed by atoms with van der Waals surface area (Å²) in [4.78, 5) is 25.5. The topological polar surface area (TPSA) is 118 Å². The molecule has 0 unspecified atom stereocenters. The Bertz CT molecular complexity index is 1330. The van der Waals surface area contributed by atoms with Crippen molar-refractivity contribution in [3.05, 3.63) is 94.6 Å². The molecule has 3 aromatic heterocycles. The molecule has 0 bridgehead atoms. The minimum Gasteiger partial charge on any atom is -0.384 e. The minimum atomic E-state index is -0.179. The van der Waals surface area contributed by atoms with E-state index in [1.165, 1.54) is 0 Å². The number of anilines is 1. The van der Waals surface area contributed by atoms with E-state index in [1.54, 1.807) is 30.6 Å². The molecule has 3 N–H and O–H groups in total. The van der Waals surface area contributed by atoms with Crippen LogP contribution in [0, 0.1) is 18.3 Å². The summed E-state index contributed by atoms with van der Waals surface area (Å²) < 4.78 is 0. The van der Waals surface area contributed by atoms with Crippen LogP contribution in [0.3, 0.4) is 0 Å². The molecule has 0 aliphatic carbocycles. The summed E-state index contributed by atoms with van der Waals surface area (Å²) >= 11 is 0. The van der Waals surface area contributed by atoms with Gasteiger partial charge < -0.3 is 11.1 Å². The van der Waals surface area contributed by atoms with Crippen molar-refractivity contribution in [2.75, 3.05) is 5.73 Å². The Kier molecular flexibility index (Phi) is 5.54. The second kappa shape index (κ2) is 8.59. The van der Waals surface area contributed by atoms with E-state index in [0.29, 0.717) is 29.9 Å². The molecular weight excluding hydrogens is 388 g/mol. The van der Waals surface area contributed by atoms with Gasteiger partial charge in [-0.2, -0.15) is 5.26 Å². The van der Waals surface area contributed by atoms with E-state index in [1.807, 2.05) is 37.3 Å². The van der Waals surface area contributed by atoms with Gasteiger partial charge in [0.05, 0.1) is 11.1 Å². The Morgan fingerprint density at radius 1 is 1.13 bits per heavy atom. The Hall–Kier alpha value is -4.31. The summed E-state index contributed by atoms with van der Waals surface area (Å²) in [5.41, 5.74) is 11.1. The molecule has 0 aliphatic rings. The first-order valence-electron chi connectivity index (χ1n) is 9.76. The minimum absolute atomic E-state index is 0.179. The van der Waals surface area contributed by atoms with Crippen molar-refractivity contribution >= 4 is 22.6 Å². The standard InChI is InChI=1S/C24H20N6O/c1-15-19(3-5-23(26)30-15)14-29-24(31)18-6-7-27-21(11-18)10-16-2-4-22-20(8-16)9-17(12-25)13-28-22/h2-9,11,13H,10,14H2,1H3,(H2,26,30)(H,29,31). The van der Waals surface area contributed by atoms with Gasteiger partial charge in [-0.1, -0.05) is 12.1 Å². The molecule has 0 atom stereocenters. The van der Waals surface area contributed by atoms with E-state index in [-0.39, 0.29) is 5.91 Å². The van der Waals surface area contributed by atoms with Crippen LogP contribution < -0.4 is 11.1 Å². The number of nitriles is 1. The van der Waals surface area contributed by atoms with Crippen LogP contribution in [-0.2, 0) is 13.0 Å². The fourth-order valence-electron chi connectivity index (χ4n) is 3.35. The number of nitrogen functional groups attached to an aromatic ring is 1. The molecule has 1 amide bonds. The van der Waals surface area contributed by atoms with E-state index in [2.05, 4.69) is 26.3 Å². The SMILES string of the molecule is Cc1nc(N)ccc1CNC(=O)c1ccnc(Cc2ccc3ncc(C#N)cc3c2)c1. The zero-order valence-corrected chi connectivity index (χ0v) is 17.0. The Morgan fingerprint density at radius 2 is 2.00 bits per heavy atom. The van der Waals surface area contributed by atoms with Crippen molar-refractivity contribution in [1.82, 2.24) is 20.3 Å². The molecule has 4 rings (SSSR count). The third-order valence-electron chi connectivity index (χ3n) is 4.99. The lowest BCUT2D eigenvalue weighted by Crippen LogP contribution is -2.23. The number of nitrogens with one attached hydrogen (secondary N) is 1. The monoisotopic (exact) mass is 408 g/mol. The van der Waals surface area contributed by atoms with Crippen molar-refractivity contribution in [3.8, 4) is 6.07 Å². The number of aryl methyl sites for hydroxylation is 1. The van der Waals surface area contributed by atoms with Crippen molar-refractivity contribution < 1.29 is 4.79 Å². The van der Waals surface area contributed by atoms with Gasteiger partial charge in [0, 0.05) is 47.7 Å².